The highest BCUT2D eigenvalue weighted by atomic mass is 16.5. The number of ether oxygens (including phenoxy) is 2. The van der Waals surface area contributed by atoms with Crippen LogP contribution < -0.4 is 0 Å². The maximum atomic E-state index is 12.7. The molecule has 0 amide bonds. The van der Waals surface area contributed by atoms with Crippen molar-refractivity contribution in [2.24, 2.45) is 4.99 Å². The van der Waals surface area contributed by atoms with Gasteiger partial charge in [-0.2, -0.15) is 0 Å². The van der Waals surface area contributed by atoms with Crippen LogP contribution in [0.1, 0.15) is 147 Å². The van der Waals surface area contributed by atoms with Gasteiger partial charge in [0.15, 0.2) is 0 Å². The largest absolute Gasteiger partial charge is 0.462 e. The van der Waals surface area contributed by atoms with Crippen LogP contribution in [0.15, 0.2) is 65.7 Å². The molecule has 2 aromatic rings. The van der Waals surface area contributed by atoms with Gasteiger partial charge in [0, 0.05) is 24.0 Å². The molecular weight excluding hydrogens is 530 g/mol. The molecule has 43 heavy (non-hydrogen) atoms. The average molecular weight is 592 g/mol. The van der Waals surface area contributed by atoms with E-state index in [0.29, 0.717) is 19.6 Å². The van der Waals surface area contributed by atoms with E-state index in [-0.39, 0.29) is 18.1 Å². The minimum Gasteiger partial charge on any atom is -0.462 e. The number of esters is 1. The third-order valence-electron chi connectivity index (χ3n) is 8.18. The highest BCUT2D eigenvalue weighted by Crippen LogP contribution is 2.17. The van der Waals surface area contributed by atoms with E-state index in [1.165, 1.54) is 70.6 Å². The second kappa shape index (κ2) is 24.9. The van der Waals surface area contributed by atoms with Crippen molar-refractivity contribution in [1.29, 1.82) is 0 Å². The molecule has 4 heteroatoms. The van der Waals surface area contributed by atoms with Crippen molar-refractivity contribution in [3.05, 3.63) is 71.8 Å². The Bertz CT molecular complexity index is 917. The average Bonchev–Trinajstić information content (AvgIpc) is 3.04. The van der Waals surface area contributed by atoms with Gasteiger partial charge in [0.1, 0.15) is 6.10 Å². The Morgan fingerprint density at radius 1 is 0.651 bits per heavy atom. The summed E-state index contributed by atoms with van der Waals surface area (Å²) in [6.07, 6.45) is 20.4. The first-order valence-electron chi connectivity index (χ1n) is 17.6. The lowest BCUT2D eigenvalue weighted by Crippen LogP contribution is -2.22. The van der Waals surface area contributed by atoms with E-state index in [1.54, 1.807) is 0 Å². The lowest BCUT2D eigenvalue weighted by molar-refractivity contribution is -0.150. The van der Waals surface area contributed by atoms with Crippen LogP contribution in [-0.2, 0) is 14.3 Å². The molecular formula is C39H61NO3. The molecule has 0 radical (unpaired) electrons. The molecule has 0 fully saturated rings. The predicted molar refractivity (Wildman–Crippen MR) is 183 cm³/mol. The van der Waals surface area contributed by atoms with Crippen LogP contribution in [0.25, 0.3) is 0 Å². The summed E-state index contributed by atoms with van der Waals surface area (Å²) in [5, 5.41) is 0. The number of rotatable bonds is 26. The van der Waals surface area contributed by atoms with Gasteiger partial charge in [-0.15, -0.1) is 0 Å². The molecule has 0 unspecified atom stereocenters. The van der Waals surface area contributed by atoms with Gasteiger partial charge in [-0.1, -0.05) is 158 Å². The summed E-state index contributed by atoms with van der Waals surface area (Å²) in [7, 11) is 0. The first kappa shape index (κ1) is 36.7. The van der Waals surface area contributed by atoms with Crippen LogP contribution in [0.2, 0.25) is 0 Å². The number of unbranched alkanes of at least 4 members (excludes halogenated alkanes) is 12. The quantitative estimate of drug-likeness (QED) is 0.0621. The molecule has 0 aromatic heterocycles. The maximum absolute atomic E-state index is 12.7. The molecule has 4 nitrogen and oxygen atoms in total. The minimum atomic E-state index is -0.0551. The smallest absolute Gasteiger partial charge is 0.306 e. The molecule has 2 atom stereocenters. The lowest BCUT2D eigenvalue weighted by Gasteiger charge is -2.19. The molecule has 0 saturated carbocycles. The highest BCUT2D eigenvalue weighted by Gasteiger charge is 2.16. The Labute approximate surface area is 264 Å². The predicted octanol–water partition coefficient (Wildman–Crippen LogP) is 10.9. The molecule has 0 N–H and O–H groups in total. The third kappa shape index (κ3) is 17.4. The topological polar surface area (TPSA) is 47.9 Å². The van der Waals surface area contributed by atoms with E-state index < -0.39 is 0 Å². The zero-order valence-corrected chi connectivity index (χ0v) is 27.7. The van der Waals surface area contributed by atoms with Crippen LogP contribution in [0, 0.1) is 0 Å². The van der Waals surface area contributed by atoms with Crippen LogP contribution in [0.5, 0.6) is 0 Å². The van der Waals surface area contributed by atoms with Crippen LogP contribution >= 0.6 is 0 Å². The number of benzene rings is 2. The standard InChI is InChI=1S/C39H61NO3/c1-4-7-9-11-12-13-14-16-24-30-38(41)43-37(29-23-15-10-8-5-2)31-32-42-33-36(6-3)40-39(34-25-19-17-20-26-34)35-27-21-18-22-28-35/h17-22,25-28,36-37H,4-16,23-24,29-33H2,1-3H3/t36-,37+/m0/s1. The van der Waals surface area contributed by atoms with Crippen molar-refractivity contribution in [2.45, 2.75) is 148 Å². The fourth-order valence-corrected chi connectivity index (χ4v) is 5.43. The van der Waals surface area contributed by atoms with E-state index >= 15 is 0 Å². The van der Waals surface area contributed by atoms with Crippen molar-refractivity contribution < 1.29 is 14.3 Å². The van der Waals surface area contributed by atoms with Gasteiger partial charge < -0.3 is 9.47 Å². The number of aliphatic imine (C=N–C) groups is 1. The van der Waals surface area contributed by atoms with E-state index in [9.17, 15) is 4.79 Å². The van der Waals surface area contributed by atoms with Crippen LogP contribution in [0.4, 0.5) is 0 Å². The summed E-state index contributed by atoms with van der Waals surface area (Å²) in [5.74, 6) is -0.0343. The second-order valence-electron chi connectivity index (χ2n) is 12.0. The van der Waals surface area contributed by atoms with Gasteiger partial charge in [0.05, 0.1) is 25.0 Å². The van der Waals surface area contributed by atoms with Gasteiger partial charge in [0.25, 0.3) is 0 Å². The Hall–Kier alpha value is -2.46. The number of hydrogen-bond acceptors (Lipinski definition) is 4. The van der Waals surface area contributed by atoms with Crippen molar-refractivity contribution in [3.8, 4) is 0 Å². The van der Waals surface area contributed by atoms with Crippen molar-refractivity contribution >= 4 is 11.7 Å². The molecule has 0 aliphatic carbocycles. The van der Waals surface area contributed by atoms with E-state index in [2.05, 4.69) is 69.3 Å². The first-order chi connectivity index (χ1) is 21.2. The van der Waals surface area contributed by atoms with Gasteiger partial charge in [-0.25, -0.2) is 0 Å². The normalized spacial score (nSPS) is 12.5. The van der Waals surface area contributed by atoms with Crippen molar-refractivity contribution in [1.82, 2.24) is 0 Å². The summed E-state index contributed by atoms with van der Waals surface area (Å²) in [5.41, 5.74) is 3.25. The van der Waals surface area contributed by atoms with Gasteiger partial charge in [-0.3, -0.25) is 9.79 Å². The van der Waals surface area contributed by atoms with Gasteiger partial charge >= 0.3 is 5.97 Å². The Morgan fingerprint density at radius 3 is 1.70 bits per heavy atom. The first-order valence-corrected chi connectivity index (χ1v) is 17.6. The Balaban J connectivity index is 1.82. The summed E-state index contributed by atoms with van der Waals surface area (Å²) >= 11 is 0. The Morgan fingerprint density at radius 2 is 1.16 bits per heavy atom. The SMILES string of the molecule is CCCCCCCCCCCC(=O)O[C@H](CCCCCCC)CCOC[C@H](CC)N=C(c1ccccc1)c1ccccc1. The number of carbonyl (C=O) groups is 1. The van der Waals surface area contributed by atoms with E-state index in [1.807, 2.05) is 12.1 Å². The lowest BCUT2D eigenvalue weighted by atomic mass is 10.0. The third-order valence-corrected chi connectivity index (χ3v) is 8.18. The summed E-state index contributed by atoms with van der Waals surface area (Å²) in [6, 6.07) is 20.9. The summed E-state index contributed by atoms with van der Waals surface area (Å²) in [4.78, 5) is 17.9. The highest BCUT2D eigenvalue weighted by molar-refractivity contribution is 6.12. The maximum Gasteiger partial charge on any atom is 0.306 e. The summed E-state index contributed by atoms with van der Waals surface area (Å²) in [6.45, 7) is 7.82. The van der Waals surface area contributed by atoms with Gasteiger partial charge in [0.2, 0.25) is 0 Å². The number of carbonyl (C=O) groups excluding carboxylic acids is 1. The molecule has 0 aliphatic rings. The molecule has 0 aliphatic heterocycles. The van der Waals surface area contributed by atoms with Crippen LogP contribution in [-0.4, -0.2) is 37.0 Å². The molecule has 0 spiro atoms. The molecule has 240 valence electrons. The molecule has 0 heterocycles. The molecule has 2 rings (SSSR count). The Kier molecular flexibility index (Phi) is 21.3. The number of hydrogen-bond donors (Lipinski definition) is 0. The van der Waals surface area contributed by atoms with E-state index in [0.717, 1.165) is 55.4 Å². The van der Waals surface area contributed by atoms with Gasteiger partial charge in [-0.05, 0) is 25.7 Å². The molecule has 0 saturated heterocycles. The zero-order valence-electron chi connectivity index (χ0n) is 27.7. The molecule has 0 bridgehead atoms. The number of nitrogens with zero attached hydrogens (tertiary/aromatic N) is 1. The second-order valence-corrected chi connectivity index (χ2v) is 12.0. The van der Waals surface area contributed by atoms with Crippen molar-refractivity contribution in [2.75, 3.05) is 13.2 Å². The monoisotopic (exact) mass is 591 g/mol. The molecule has 2 aromatic carbocycles. The zero-order chi connectivity index (χ0) is 30.8. The fraction of sp³-hybridized carbons (Fsp3) is 0.641. The minimum absolute atomic E-state index is 0.0343. The summed E-state index contributed by atoms with van der Waals surface area (Å²) < 4.78 is 12.2. The van der Waals surface area contributed by atoms with Crippen LogP contribution in [0.3, 0.4) is 0 Å². The fourth-order valence-electron chi connectivity index (χ4n) is 5.43. The van der Waals surface area contributed by atoms with Crippen molar-refractivity contribution in [3.63, 3.8) is 0 Å². The van der Waals surface area contributed by atoms with E-state index in [4.69, 9.17) is 14.5 Å².